The van der Waals surface area contributed by atoms with Crippen LogP contribution >= 0.6 is 0 Å². The lowest BCUT2D eigenvalue weighted by Gasteiger charge is -2.22. The van der Waals surface area contributed by atoms with Gasteiger partial charge in [-0.15, -0.1) is 0 Å². The zero-order chi connectivity index (χ0) is 10.1. The van der Waals surface area contributed by atoms with Gasteiger partial charge in [-0.1, -0.05) is 6.42 Å². The van der Waals surface area contributed by atoms with Crippen molar-refractivity contribution in [3.8, 4) is 0 Å². The van der Waals surface area contributed by atoms with Crippen LogP contribution in [-0.2, 0) is 19.3 Å². The van der Waals surface area contributed by atoms with Crippen LogP contribution in [0.4, 0.5) is 0 Å². The topological polar surface area (TPSA) is 40.7 Å². The fourth-order valence-electron chi connectivity index (χ4n) is 2.89. The minimum absolute atomic E-state index is 0.673. The molecule has 1 aliphatic heterocycles. The molecule has 2 heterocycles. The van der Waals surface area contributed by atoms with E-state index < -0.39 is 0 Å². The molecular weight excluding hydrogens is 186 g/mol. The summed E-state index contributed by atoms with van der Waals surface area (Å²) in [5.74, 6) is 0. The molecule has 3 nitrogen and oxygen atoms in total. The Bertz CT molecular complexity index is 337. The van der Waals surface area contributed by atoms with Crippen molar-refractivity contribution >= 4 is 0 Å². The lowest BCUT2D eigenvalue weighted by Crippen LogP contribution is -2.35. The van der Waals surface area contributed by atoms with Gasteiger partial charge in [0, 0.05) is 18.2 Å². The lowest BCUT2D eigenvalue weighted by molar-refractivity contribution is 0.396. The number of aromatic amines is 1. The molecule has 2 aliphatic rings. The first-order valence-electron chi connectivity index (χ1n) is 6.22. The summed E-state index contributed by atoms with van der Waals surface area (Å²) in [5, 5.41) is 11.3. The molecule has 0 bridgehead atoms. The molecule has 15 heavy (non-hydrogen) atoms. The number of H-pyrrole nitrogens is 1. The maximum Gasteiger partial charge on any atom is 0.0672 e. The second kappa shape index (κ2) is 3.97. The van der Waals surface area contributed by atoms with E-state index in [0.717, 1.165) is 6.42 Å². The van der Waals surface area contributed by atoms with Crippen LogP contribution in [0.15, 0.2) is 0 Å². The first-order chi connectivity index (χ1) is 7.43. The number of nitrogens with one attached hydrogen (secondary N) is 2. The molecule has 0 radical (unpaired) electrons. The van der Waals surface area contributed by atoms with E-state index in [0.29, 0.717) is 6.04 Å². The third kappa shape index (κ3) is 1.81. The molecule has 0 saturated carbocycles. The average molecular weight is 205 g/mol. The van der Waals surface area contributed by atoms with E-state index in [4.69, 9.17) is 0 Å². The van der Waals surface area contributed by atoms with Gasteiger partial charge in [-0.25, -0.2) is 0 Å². The minimum Gasteiger partial charge on any atom is -0.314 e. The van der Waals surface area contributed by atoms with Crippen molar-refractivity contribution in [2.75, 3.05) is 6.54 Å². The van der Waals surface area contributed by atoms with Gasteiger partial charge in [-0.3, -0.25) is 5.10 Å². The molecule has 3 heteroatoms. The second-order valence-electron chi connectivity index (χ2n) is 4.83. The molecule has 0 amide bonds. The number of hydrogen-bond acceptors (Lipinski definition) is 2. The number of piperidine rings is 1. The van der Waals surface area contributed by atoms with Crippen molar-refractivity contribution in [3.05, 3.63) is 17.0 Å². The highest BCUT2D eigenvalue weighted by molar-refractivity contribution is 5.30. The highest BCUT2D eigenvalue weighted by atomic mass is 15.1. The van der Waals surface area contributed by atoms with Gasteiger partial charge in [0.15, 0.2) is 0 Å². The predicted octanol–water partition coefficient (Wildman–Crippen LogP) is 1.58. The number of fused-ring (bicyclic) bond motifs is 1. The van der Waals surface area contributed by atoms with E-state index in [2.05, 4.69) is 15.5 Å². The van der Waals surface area contributed by atoms with Crippen LogP contribution < -0.4 is 5.32 Å². The standard InChI is InChI=1S/C12H19N3/c1-2-7-13-9(4-1)8-12-10-5-3-6-11(10)14-15-12/h9,13H,1-8H2,(H,14,15). The molecule has 1 aromatic rings. The number of hydrogen-bond donors (Lipinski definition) is 2. The zero-order valence-electron chi connectivity index (χ0n) is 9.18. The number of aromatic nitrogens is 2. The van der Waals surface area contributed by atoms with Crippen molar-refractivity contribution in [2.24, 2.45) is 0 Å². The van der Waals surface area contributed by atoms with E-state index in [-0.39, 0.29) is 0 Å². The van der Waals surface area contributed by atoms with Crippen molar-refractivity contribution in [3.63, 3.8) is 0 Å². The number of aryl methyl sites for hydroxylation is 1. The zero-order valence-corrected chi connectivity index (χ0v) is 9.18. The molecule has 3 rings (SSSR count). The van der Waals surface area contributed by atoms with Crippen molar-refractivity contribution in [1.82, 2.24) is 15.5 Å². The van der Waals surface area contributed by atoms with E-state index in [1.54, 1.807) is 0 Å². The fraction of sp³-hybridized carbons (Fsp3) is 0.750. The van der Waals surface area contributed by atoms with Gasteiger partial charge in [0.25, 0.3) is 0 Å². The first-order valence-corrected chi connectivity index (χ1v) is 6.22. The Morgan fingerprint density at radius 2 is 2.20 bits per heavy atom. The third-order valence-electron chi connectivity index (χ3n) is 3.74. The second-order valence-corrected chi connectivity index (χ2v) is 4.83. The summed E-state index contributed by atoms with van der Waals surface area (Å²) in [5.41, 5.74) is 4.27. The molecule has 0 aromatic carbocycles. The molecular formula is C12H19N3. The third-order valence-corrected chi connectivity index (χ3v) is 3.74. The van der Waals surface area contributed by atoms with Crippen LogP contribution in [0.2, 0.25) is 0 Å². The Hall–Kier alpha value is -0.830. The summed E-state index contributed by atoms with van der Waals surface area (Å²) in [6.07, 6.45) is 8.94. The average Bonchev–Trinajstić information content (AvgIpc) is 2.85. The Morgan fingerprint density at radius 3 is 3.07 bits per heavy atom. The van der Waals surface area contributed by atoms with Crippen LogP contribution in [0, 0.1) is 0 Å². The molecule has 1 fully saturated rings. The Morgan fingerprint density at radius 1 is 1.20 bits per heavy atom. The van der Waals surface area contributed by atoms with Gasteiger partial charge in [-0.05, 0) is 44.2 Å². The summed E-state index contributed by atoms with van der Waals surface area (Å²) < 4.78 is 0. The van der Waals surface area contributed by atoms with E-state index in [1.807, 2.05) is 0 Å². The van der Waals surface area contributed by atoms with E-state index in [9.17, 15) is 0 Å². The SMILES string of the molecule is C1CCC(Cc2n[nH]c3c2CCC3)NC1. The molecule has 1 saturated heterocycles. The van der Waals surface area contributed by atoms with Gasteiger partial charge in [-0.2, -0.15) is 5.10 Å². The van der Waals surface area contributed by atoms with Crippen molar-refractivity contribution in [1.29, 1.82) is 0 Å². The van der Waals surface area contributed by atoms with Crippen molar-refractivity contribution in [2.45, 2.75) is 51.0 Å². The molecule has 1 atom stereocenters. The quantitative estimate of drug-likeness (QED) is 0.769. The summed E-state index contributed by atoms with van der Waals surface area (Å²) >= 11 is 0. The largest absolute Gasteiger partial charge is 0.314 e. The maximum atomic E-state index is 4.47. The predicted molar refractivity (Wildman–Crippen MR) is 60.0 cm³/mol. The minimum atomic E-state index is 0.673. The van der Waals surface area contributed by atoms with Gasteiger partial charge in [0.05, 0.1) is 5.69 Å². The monoisotopic (exact) mass is 205 g/mol. The fourth-order valence-corrected chi connectivity index (χ4v) is 2.89. The van der Waals surface area contributed by atoms with Crippen LogP contribution in [0.1, 0.15) is 42.6 Å². The Labute approximate surface area is 90.7 Å². The van der Waals surface area contributed by atoms with E-state index in [1.165, 1.54) is 62.0 Å². The highest BCUT2D eigenvalue weighted by Crippen LogP contribution is 2.24. The number of rotatable bonds is 2. The molecule has 0 spiro atoms. The van der Waals surface area contributed by atoms with Crippen LogP contribution in [0.25, 0.3) is 0 Å². The maximum absolute atomic E-state index is 4.47. The summed E-state index contributed by atoms with van der Waals surface area (Å²) in [6.45, 7) is 1.19. The van der Waals surface area contributed by atoms with E-state index >= 15 is 0 Å². The van der Waals surface area contributed by atoms with Crippen molar-refractivity contribution < 1.29 is 0 Å². The lowest BCUT2D eigenvalue weighted by atomic mass is 9.98. The van der Waals surface area contributed by atoms with Gasteiger partial charge in [0.2, 0.25) is 0 Å². The van der Waals surface area contributed by atoms with Crippen LogP contribution in [-0.4, -0.2) is 22.8 Å². The van der Waals surface area contributed by atoms with Gasteiger partial charge in [0.1, 0.15) is 0 Å². The Balaban J connectivity index is 1.70. The summed E-state index contributed by atoms with van der Waals surface area (Å²) in [7, 11) is 0. The van der Waals surface area contributed by atoms with Gasteiger partial charge >= 0.3 is 0 Å². The summed E-state index contributed by atoms with van der Waals surface area (Å²) in [6, 6.07) is 0.673. The number of nitrogens with zero attached hydrogens (tertiary/aromatic N) is 1. The first kappa shape index (κ1) is 9.40. The highest BCUT2D eigenvalue weighted by Gasteiger charge is 2.21. The normalized spacial score (nSPS) is 25.5. The molecule has 82 valence electrons. The smallest absolute Gasteiger partial charge is 0.0672 e. The van der Waals surface area contributed by atoms with Gasteiger partial charge < -0.3 is 5.32 Å². The molecule has 1 unspecified atom stereocenters. The molecule has 2 N–H and O–H groups in total. The Kier molecular flexibility index (Phi) is 2.49. The van der Waals surface area contributed by atoms with Crippen LogP contribution in [0.5, 0.6) is 0 Å². The van der Waals surface area contributed by atoms with Crippen LogP contribution in [0.3, 0.4) is 0 Å². The molecule has 1 aliphatic carbocycles. The summed E-state index contributed by atoms with van der Waals surface area (Å²) in [4.78, 5) is 0. The molecule has 1 aromatic heterocycles.